The first kappa shape index (κ1) is 12.7. The summed E-state index contributed by atoms with van der Waals surface area (Å²) in [5, 5.41) is 14.4. The summed E-state index contributed by atoms with van der Waals surface area (Å²) >= 11 is 6.71. The van der Waals surface area contributed by atoms with Crippen LogP contribution in [0.15, 0.2) is 18.2 Å². The topological polar surface area (TPSA) is 78.2 Å². The maximum atomic E-state index is 13.0. The van der Waals surface area contributed by atoms with Crippen molar-refractivity contribution in [3.63, 3.8) is 0 Å². The minimum absolute atomic E-state index is 0.111. The van der Waals surface area contributed by atoms with Crippen molar-refractivity contribution in [3.8, 4) is 5.75 Å². The number of ether oxygens (including phenoxy) is 1. The molecule has 94 valence electrons. The van der Waals surface area contributed by atoms with E-state index in [1.165, 1.54) is 0 Å². The normalized spacial score (nSPS) is 10.3. The second-order valence-electron chi connectivity index (χ2n) is 3.15. The average molecular weight is 290 g/mol. The largest absolute Gasteiger partial charge is 0.480 e. The summed E-state index contributed by atoms with van der Waals surface area (Å²) < 4.78 is 22.1. The zero-order chi connectivity index (χ0) is 13.1. The van der Waals surface area contributed by atoms with E-state index in [0.717, 1.165) is 29.7 Å². The van der Waals surface area contributed by atoms with Crippen molar-refractivity contribution >= 4 is 28.8 Å². The Bertz CT molecular complexity index is 592. The van der Waals surface area contributed by atoms with Gasteiger partial charge in [0.25, 0.3) is 0 Å². The lowest BCUT2D eigenvalue weighted by Gasteiger charge is -2.04. The zero-order valence-electron chi connectivity index (χ0n) is 8.67. The molecule has 0 radical (unpaired) electrons. The summed E-state index contributed by atoms with van der Waals surface area (Å²) in [5.74, 6) is -0.804. The van der Waals surface area contributed by atoms with Crippen molar-refractivity contribution in [2.45, 2.75) is 6.61 Å². The van der Waals surface area contributed by atoms with Gasteiger partial charge in [-0.25, -0.2) is 4.39 Å². The molecule has 0 unspecified atom stereocenters. The van der Waals surface area contributed by atoms with Crippen LogP contribution in [0.1, 0.15) is 5.69 Å². The number of nitrogens with zero attached hydrogens (tertiary/aromatic N) is 3. The van der Waals surface area contributed by atoms with Crippen molar-refractivity contribution in [2.24, 2.45) is 0 Å². The highest BCUT2D eigenvalue weighted by atomic mass is 35.5. The van der Waals surface area contributed by atoms with Gasteiger partial charge in [-0.3, -0.25) is 10.1 Å². The molecule has 0 aliphatic heterocycles. The van der Waals surface area contributed by atoms with Crippen LogP contribution in [-0.2, 0) is 6.61 Å². The molecule has 1 aromatic heterocycles. The van der Waals surface area contributed by atoms with E-state index < -0.39 is 10.7 Å². The molecule has 0 N–H and O–H groups in total. The predicted octanol–water partition coefficient (Wildman–Crippen LogP) is 2.82. The lowest BCUT2D eigenvalue weighted by Crippen LogP contribution is -2.00. The van der Waals surface area contributed by atoms with Gasteiger partial charge in [0.05, 0.1) is 4.92 Å². The van der Waals surface area contributed by atoms with Crippen LogP contribution in [-0.4, -0.2) is 14.5 Å². The third kappa shape index (κ3) is 2.71. The van der Waals surface area contributed by atoms with Crippen LogP contribution in [0.4, 0.5) is 10.1 Å². The predicted molar refractivity (Wildman–Crippen MR) is 62.3 cm³/mol. The van der Waals surface area contributed by atoms with Crippen LogP contribution in [0, 0.1) is 15.9 Å². The minimum atomic E-state index is -0.657. The second kappa shape index (κ2) is 5.23. The summed E-state index contributed by atoms with van der Waals surface area (Å²) in [4.78, 5) is 10.1. The number of nitro groups is 1. The van der Waals surface area contributed by atoms with Gasteiger partial charge in [0.2, 0.25) is 0 Å². The van der Waals surface area contributed by atoms with Gasteiger partial charge in [0.15, 0.2) is 5.75 Å². The fraction of sp³-hybridized carbons (Fsp3) is 0.111. The van der Waals surface area contributed by atoms with E-state index in [9.17, 15) is 14.5 Å². The molecule has 18 heavy (non-hydrogen) atoms. The molecule has 0 aliphatic rings. The Kier molecular flexibility index (Phi) is 3.68. The molecule has 1 heterocycles. The number of rotatable bonds is 4. The first-order valence-corrected chi connectivity index (χ1v) is 5.76. The Morgan fingerprint density at radius 3 is 2.94 bits per heavy atom. The lowest BCUT2D eigenvalue weighted by atomic mass is 10.3. The minimum Gasteiger partial charge on any atom is -0.480 e. The molecule has 0 spiro atoms. The van der Waals surface area contributed by atoms with Gasteiger partial charge >= 0.3 is 5.69 Å². The number of nitro benzene ring substituents is 1. The Balaban J connectivity index is 2.20. The van der Waals surface area contributed by atoms with Crippen LogP contribution in [0.2, 0.25) is 4.34 Å². The highest BCUT2D eigenvalue weighted by molar-refractivity contribution is 7.10. The van der Waals surface area contributed by atoms with E-state index in [-0.39, 0.29) is 18.0 Å². The molecule has 2 rings (SSSR count). The highest BCUT2D eigenvalue weighted by Crippen LogP contribution is 2.29. The van der Waals surface area contributed by atoms with Crippen molar-refractivity contribution in [2.75, 3.05) is 0 Å². The molecule has 0 aliphatic carbocycles. The van der Waals surface area contributed by atoms with Crippen LogP contribution in [0.5, 0.6) is 5.75 Å². The van der Waals surface area contributed by atoms with Crippen LogP contribution >= 0.6 is 23.1 Å². The lowest BCUT2D eigenvalue weighted by molar-refractivity contribution is -0.386. The number of aromatic nitrogens is 2. The van der Waals surface area contributed by atoms with Gasteiger partial charge in [-0.15, -0.1) is 5.10 Å². The van der Waals surface area contributed by atoms with E-state index in [0.29, 0.717) is 10.0 Å². The SMILES string of the molecule is O=[N+]([O-])c1ccc(F)cc1OCc1nnsc1Cl. The number of benzene rings is 1. The molecule has 2 aromatic rings. The molecule has 0 fully saturated rings. The molecule has 0 atom stereocenters. The van der Waals surface area contributed by atoms with Gasteiger partial charge in [0.1, 0.15) is 22.5 Å². The molecule has 6 nitrogen and oxygen atoms in total. The number of halogens is 2. The van der Waals surface area contributed by atoms with Gasteiger partial charge in [-0.2, -0.15) is 0 Å². The summed E-state index contributed by atoms with van der Waals surface area (Å²) in [6.07, 6.45) is 0. The van der Waals surface area contributed by atoms with Crippen LogP contribution in [0.25, 0.3) is 0 Å². The third-order valence-corrected chi connectivity index (χ3v) is 2.98. The fourth-order valence-corrected chi connectivity index (χ4v) is 1.78. The maximum absolute atomic E-state index is 13.0. The first-order valence-electron chi connectivity index (χ1n) is 4.61. The van der Waals surface area contributed by atoms with Crippen LogP contribution in [0.3, 0.4) is 0 Å². The molecule has 9 heteroatoms. The molecule has 0 saturated carbocycles. The maximum Gasteiger partial charge on any atom is 0.311 e. The highest BCUT2D eigenvalue weighted by Gasteiger charge is 2.17. The molecular weight excluding hydrogens is 285 g/mol. The summed E-state index contributed by atoms with van der Waals surface area (Å²) in [7, 11) is 0. The van der Waals surface area contributed by atoms with E-state index in [1.807, 2.05) is 0 Å². The van der Waals surface area contributed by atoms with Crippen molar-refractivity contribution in [1.29, 1.82) is 0 Å². The van der Waals surface area contributed by atoms with E-state index in [1.54, 1.807) is 0 Å². The Morgan fingerprint density at radius 1 is 1.56 bits per heavy atom. The Hall–Kier alpha value is -1.80. The van der Waals surface area contributed by atoms with Crippen molar-refractivity contribution < 1.29 is 14.1 Å². The fourth-order valence-electron chi connectivity index (χ4n) is 1.18. The number of hydrogen-bond donors (Lipinski definition) is 0. The smallest absolute Gasteiger partial charge is 0.311 e. The Morgan fingerprint density at radius 2 is 2.33 bits per heavy atom. The monoisotopic (exact) mass is 289 g/mol. The molecule has 1 aromatic carbocycles. The standard InChI is InChI=1S/C9H5ClFN3O3S/c10-9-6(12-13-18-9)4-17-8-3-5(11)1-2-7(8)14(15)16/h1-3H,4H2. The molecular formula is C9H5ClFN3O3S. The van der Waals surface area contributed by atoms with E-state index in [4.69, 9.17) is 16.3 Å². The number of hydrogen-bond acceptors (Lipinski definition) is 6. The molecule has 0 bridgehead atoms. The van der Waals surface area contributed by atoms with Gasteiger partial charge in [0, 0.05) is 23.7 Å². The van der Waals surface area contributed by atoms with Gasteiger partial charge < -0.3 is 4.74 Å². The summed E-state index contributed by atoms with van der Waals surface area (Å²) in [5.41, 5.74) is 0.0240. The van der Waals surface area contributed by atoms with Crippen molar-refractivity contribution in [1.82, 2.24) is 9.59 Å². The van der Waals surface area contributed by atoms with E-state index in [2.05, 4.69) is 9.59 Å². The van der Waals surface area contributed by atoms with E-state index >= 15 is 0 Å². The van der Waals surface area contributed by atoms with Gasteiger partial charge in [-0.05, 0) is 6.07 Å². The summed E-state index contributed by atoms with van der Waals surface area (Å²) in [6.45, 7) is -0.111. The summed E-state index contributed by atoms with van der Waals surface area (Å²) in [6, 6.07) is 2.96. The zero-order valence-corrected chi connectivity index (χ0v) is 10.2. The van der Waals surface area contributed by atoms with Crippen molar-refractivity contribution in [3.05, 3.63) is 44.2 Å². The van der Waals surface area contributed by atoms with Crippen LogP contribution < -0.4 is 4.74 Å². The molecule has 0 saturated heterocycles. The third-order valence-electron chi connectivity index (χ3n) is 1.99. The first-order chi connectivity index (χ1) is 8.58. The quantitative estimate of drug-likeness (QED) is 0.639. The molecule has 0 amide bonds. The Labute approximate surface area is 109 Å². The van der Waals surface area contributed by atoms with Gasteiger partial charge in [-0.1, -0.05) is 16.1 Å². The second-order valence-corrected chi connectivity index (χ2v) is 4.51. The average Bonchev–Trinajstić information content (AvgIpc) is 2.72.